The molecule has 1 heterocycles. The summed E-state index contributed by atoms with van der Waals surface area (Å²) in [7, 11) is 4.41. The minimum Gasteiger partial charge on any atom is -0.493 e. The summed E-state index contributed by atoms with van der Waals surface area (Å²) in [5, 5.41) is 0.331. The van der Waals surface area contributed by atoms with Crippen molar-refractivity contribution in [1.82, 2.24) is 0 Å². The molecule has 2 aromatic carbocycles. The van der Waals surface area contributed by atoms with Gasteiger partial charge in [0.2, 0.25) is 0 Å². The summed E-state index contributed by atoms with van der Waals surface area (Å²) in [5.41, 5.74) is 0.726. The van der Waals surface area contributed by atoms with E-state index in [1.165, 1.54) is 33.5 Å². The van der Waals surface area contributed by atoms with Crippen molar-refractivity contribution in [3.63, 3.8) is 0 Å². The lowest BCUT2D eigenvalue weighted by molar-refractivity contribution is 0.0476. The monoisotopic (exact) mass is 418 g/mol. The van der Waals surface area contributed by atoms with Gasteiger partial charge in [0, 0.05) is 28.3 Å². The van der Waals surface area contributed by atoms with Gasteiger partial charge < -0.3 is 18.9 Å². The molecule has 152 valence electrons. The van der Waals surface area contributed by atoms with Crippen LogP contribution in [0.3, 0.4) is 0 Å². The SMILES string of the molecule is COCc1c(C(=O)OCC(=O)c2ccc(OC)c(OC)c2)sc2cccc(F)c12. The zero-order chi connectivity index (χ0) is 21.0. The molecule has 0 atom stereocenters. The molecule has 0 unspecified atom stereocenters. The topological polar surface area (TPSA) is 71.1 Å². The highest BCUT2D eigenvalue weighted by atomic mass is 32.1. The van der Waals surface area contributed by atoms with Crippen LogP contribution in [0.1, 0.15) is 25.6 Å². The number of ketones is 1. The number of Topliss-reactive ketones (excluding diaryl/α,β-unsaturated/α-hetero) is 1. The van der Waals surface area contributed by atoms with Gasteiger partial charge in [0.25, 0.3) is 0 Å². The number of halogens is 1. The van der Waals surface area contributed by atoms with Crippen molar-refractivity contribution in [2.45, 2.75) is 6.61 Å². The van der Waals surface area contributed by atoms with Crippen LogP contribution in [0.4, 0.5) is 4.39 Å². The molecule has 0 spiro atoms. The van der Waals surface area contributed by atoms with Crippen molar-refractivity contribution in [2.24, 2.45) is 0 Å². The Bertz CT molecular complexity index is 1060. The number of hydrogen-bond acceptors (Lipinski definition) is 7. The molecular weight excluding hydrogens is 399 g/mol. The molecule has 1 aromatic heterocycles. The van der Waals surface area contributed by atoms with Crippen LogP contribution in [-0.4, -0.2) is 39.7 Å². The van der Waals surface area contributed by atoms with E-state index in [0.717, 1.165) is 11.3 Å². The number of carbonyl (C=O) groups is 2. The molecule has 3 rings (SSSR count). The van der Waals surface area contributed by atoms with E-state index in [9.17, 15) is 14.0 Å². The third kappa shape index (κ3) is 4.23. The zero-order valence-electron chi connectivity index (χ0n) is 16.1. The first-order chi connectivity index (χ1) is 14.0. The Labute approximate surface area is 170 Å². The van der Waals surface area contributed by atoms with Gasteiger partial charge >= 0.3 is 5.97 Å². The quantitative estimate of drug-likeness (QED) is 0.402. The maximum absolute atomic E-state index is 14.2. The first kappa shape index (κ1) is 20.8. The molecule has 0 aliphatic heterocycles. The van der Waals surface area contributed by atoms with Gasteiger partial charge in [0.1, 0.15) is 10.7 Å². The smallest absolute Gasteiger partial charge is 0.349 e. The van der Waals surface area contributed by atoms with Crippen molar-refractivity contribution >= 4 is 33.2 Å². The molecule has 0 amide bonds. The molecule has 29 heavy (non-hydrogen) atoms. The maximum atomic E-state index is 14.2. The summed E-state index contributed by atoms with van der Waals surface area (Å²) >= 11 is 1.10. The molecule has 0 radical (unpaired) electrons. The largest absolute Gasteiger partial charge is 0.493 e. The van der Waals surface area contributed by atoms with E-state index < -0.39 is 24.2 Å². The van der Waals surface area contributed by atoms with Gasteiger partial charge in [0.05, 0.1) is 20.8 Å². The molecule has 0 N–H and O–H groups in total. The Balaban J connectivity index is 1.80. The van der Waals surface area contributed by atoms with E-state index >= 15 is 0 Å². The van der Waals surface area contributed by atoms with Crippen LogP contribution in [0.15, 0.2) is 36.4 Å². The number of benzene rings is 2. The van der Waals surface area contributed by atoms with Gasteiger partial charge in [0.15, 0.2) is 23.9 Å². The number of ether oxygens (including phenoxy) is 4. The van der Waals surface area contributed by atoms with Gasteiger partial charge in [-0.15, -0.1) is 11.3 Å². The molecule has 0 saturated carbocycles. The standard InChI is InChI=1S/C21H19FO6S/c1-25-10-13-19-14(22)5-4-6-18(19)29-20(13)21(24)28-11-15(23)12-7-8-16(26-2)17(9-12)27-3/h4-9H,10-11H2,1-3H3. The number of esters is 1. The van der Waals surface area contributed by atoms with Crippen LogP contribution >= 0.6 is 11.3 Å². The summed E-state index contributed by atoms with van der Waals surface area (Å²) in [6.45, 7) is -0.410. The Morgan fingerprint density at radius 2 is 1.79 bits per heavy atom. The Kier molecular flexibility index (Phi) is 6.46. The summed E-state index contributed by atoms with van der Waals surface area (Å²) in [6.07, 6.45) is 0. The van der Waals surface area contributed by atoms with Crippen LogP contribution in [0.25, 0.3) is 10.1 Å². The van der Waals surface area contributed by atoms with Crippen LogP contribution < -0.4 is 9.47 Å². The molecule has 6 nitrogen and oxygen atoms in total. The second-order valence-corrected chi connectivity index (χ2v) is 7.08. The normalized spacial score (nSPS) is 10.8. The van der Waals surface area contributed by atoms with Gasteiger partial charge in [-0.3, -0.25) is 4.79 Å². The minimum absolute atomic E-state index is 0.0506. The summed E-state index contributed by atoms with van der Waals surface area (Å²) in [6, 6.07) is 9.28. The highest BCUT2D eigenvalue weighted by Gasteiger charge is 2.23. The lowest BCUT2D eigenvalue weighted by atomic mass is 10.1. The number of carbonyl (C=O) groups excluding carboxylic acids is 2. The highest BCUT2D eigenvalue weighted by molar-refractivity contribution is 7.21. The molecule has 0 saturated heterocycles. The van der Waals surface area contributed by atoms with Crippen LogP contribution in [0.5, 0.6) is 11.5 Å². The van der Waals surface area contributed by atoms with Crippen LogP contribution in [-0.2, 0) is 16.1 Å². The van der Waals surface area contributed by atoms with Gasteiger partial charge in [-0.2, -0.15) is 0 Å². The predicted octanol–water partition coefficient (Wildman–Crippen LogP) is 4.24. The lowest BCUT2D eigenvalue weighted by Gasteiger charge is -2.09. The van der Waals surface area contributed by atoms with Crippen molar-refractivity contribution in [2.75, 3.05) is 27.9 Å². The summed E-state index contributed by atoms with van der Waals surface area (Å²) < 4.78 is 35.5. The van der Waals surface area contributed by atoms with Crippen molar-refractivity contribution in [3.8, 4) is 11.5 Å². The van der Waals surface area contributed by atoms with E-state index in [0.29, 0.717) is 32.7 Å². The number of rotatable bonds is 8. The van der Waals surface area contributed by atoms with E-state index in [1.807, 2.05) is 0 Å². The summed E-state index contributed by atoms with van der Waals surface area (Å²) in [5.74, 6) is -0.665. The molecule has 0 fully saturated rings. The fourth-order valence-electron chi connectivity index (χ4n) is 2.90. The van der Waals surface area contributed by atoms with Gasteiger partial charge in [-0.05, 0) is 30.3 Å². The molecule has 3 aromatic rings. The molecular formula is C21H19FO6S. The third-order valence-electron chi connectivity index (χ3n) is 4.28. The van der Waals surface area contributed by atoms with E-state index in [-0.39, 0.29) is 11.5 Å². The van der Waals surface area contributed by atoms with E-state index in [2.05, 4.69) is 0 Å². The Hall–Kier alpha value is -2.97. The van der Waals surface area contributed by atoms with Gasteiger partial charge in [-0.1, -0.05) is 6.07 Å². The highest BCUT2D eigenvalue weighted by Crippen LogP contribution is 2.34. The van der Waals surface area contributed by atoms with Crippen molar-refractivity contribution < 1.29 is 32.9 Å². The maximum Gasteiger partial charge on any atom is 0.349 e. The average Bonchev–Trinajstić information content (AvgIpc) is 3.11. The van der Waals surface area contributed by atoms with Gasteiger partial charge in [-0.25, -0.2) is 9.18 Å². The second kappa shape index (κ2) is 9.02. The van der Waals surface area contributed by atoms with E-state index in [4.69, 9.17) is 18.9 Å². The molecule has 0 bridgehead atoms. The number of thiophene rings is 1. The average molecular weight is 418 g/mol. The zero-order valence-corrected chi connectivity index (χ0v) is 16.9. The number of methoxy groups -OCH3 is 3. The van der Waals surface area contributed by atoms with Crippen LogP contribution in [0, 0.1) is 5.82 Å². The second-order valence-electron chi connectivity index (χ2n) is 6.02. The predicted molar refractivity (Wildman–Crippen MR) is 107 cm³/mol. The Morgan fingerprint density at radius 1 is 1.03 bits per heavy atom. The minimum atomic E-state index is -0.702. The first-order valence-electron chi connectivity index (χ1n) is 8.61. The van der Waals surface area contributed by atoms with Crippen molar-refractivity contribution in [1.29, 1.82) is 0 Å². The van der Waals surface area contributed by atoms with E-state index in [1.54, 1.807) is 24.3 Å². The third-order valence-corrected chi connectivity index (χ3v) is 5.45. The fourth-order valence-corrected chi connectivity index (χ4v) is 4.02. The summed E-state index contributed by atoms with van der Waals surface area (Å²) in [4.78, 5) is 25.2. The number of hydrogen-bond donors (Lipinski definition) is 0. The molecule has 0 aliphatic carbocycles. The van der Waals surface area contributed by atoms with Crippen LogP contribution in [0.2, 0.25) is 0 Å². The van der Waals surface area contributed by atoms with Crippen molar-refractivity contribution in [3.05, 3.63) is 58.2 Å². The Morgan fingerprint density at radius 3 is 2.48 bits per heavy atom. The first-order valence-corrected chi connectivity index (χ1v) is 9.43. The number of fused-ring (bicyclic) bond motifs is 1. The fraction of sp³-hybridized carbons (Fsp3) is 0.238. The lowest BCUT2D eigenvalue weighted by Crippen LogP contribution is -2.14. The molecule has 8 heteroatoms. The molecule has 0 aliphatic rings.